The van der Waals surface area contributed by atoms with E-state index in [2.05, 4.69) is 15.6 Å². The largest absolute Gasteiger partial charge is 0.350 e. The normalized spacial score (nSPS) is 13.3. The summed E-state index contributed by atoms with van der Waals surface area (Å²) in [6.07, 6.45) is 0. The summed E-state index contributed by atoms with van der Waals surface area (Å²) in [5, 5.41) is 6.67. The highest BCUT2D eigenvalue weighted by molar-refractivity contribution is 7.99. The molecule has 0 spiro atoms. The van der Waals surface area contributed by atoms with E-state index in [0.717, 1.165) is 27.7 Å². The van der Waals surface area contributed by atoms with Gasteiger partial charge in [0.05, 0.1) is 5.69 Å². The molecular formula is C20H24N4O2S. The maximum atomic E-state index is 12.8. The lowest BCUT2D eigenvalue weighted by Crippen LogP contribution is -2.39. The molecule has 0 saturated heterocycles. The minimum Gasteiger partial charge on any atom is -0.350 e. The fraction of sp³-hybridized carbons (Fsp3) is 0.350. The lowest BCUT2D eigenvalue weighted by atomic mass is 10.2. The van der Waals surface area contributed by atoms with Crippen molar-refractivity contribution in [3.05, 3.63) is 47.2 Å². The summed E-state index contributed by atoms with van der Waals surface area (Å²) >= 11 is 1.68. The van der Waals surface area contributed by atoms with Crippen molar-refractivity contribution in [3.8, 4) is 0 Å². The first-order chi connectivity index (χ1) is 12.8. The monoisotopic (exact) mass is 384 g/mol. The number of carbonyl (C=O) groups excluding carboxylic acids is 2. The molecule has 2 heterocycles. The van der Waals surface area contributed by atoms with Crippen LogP contribution in [0.5, 0.6) is 0 Å². The van der Waals surface area contributed by atoms with Gasteiger partial charge in [0.1, 0.15) is 5.03 Å². The number of rotatable bonds is 3. The molecule has 2 N–H and O–H groups in total. The zero-order valence-corrected chi connectivity index (χ0v) is 16.8. The number of carbonyl (C=O) groups is 2. The summed E-state index contributed by atoms with van der Waals surface area (Å²) < 4.78 is 0. The van der Waals surface area contributed by atoms with Crippen molar-refractivity contribution in [2.24, 2.45) is 0 Å². The zero-order chi connectivity index (χ0) is 19.6. The number of anilines is 2. The second kappa shape index (κ2) is 8.00. The molecule has 6 nitrogen and oxygen atoms in total. The standard InChI is InChI=1S/C20H24N4O2S/c1-12(2)21-18(25)15-5-7-16(8-6-15)23-20(26)24-9-10-27-19-17(24)13(3)11-14(4)22-19/h5-8,11-12H,9-10H2,1-4H3,(H,21,25)(H,23,26). The van der Waals surface area contributed by atoms with Gasteiger partial charge >= 0.3 is 6.03 Å². The Kier molecular flexibility index (Phi) is 5.70. The van der Waals surface area contributed by atoms with E-state index < -0.39 is 0 Å². The summed E-state index contributed by atoms with van der Waals surface area (Å²) in [5.41, 5.74) is 4.09. The average molecular weight is 385 g/mol. The number of benzene rings is 1. The van der Waals surface area contributed by atoms with Gasteiger partial charge < -0.3 is 10.6 Å². The topological polar surface area (TPSA) is 74.3 Å². The highest BCUT2D eigenvalue weighted by Crippen LogP contribution is 2.36. The molecule has 1 aliphatic rings. The van der Waals surface area contributed by atoms with Gasteiger partial charge in [0, 0.05) is 35.3 Å². The molecule has 0 fully saturated rings. The van der Waals surface area contributed by atoms with Crippen molar-refractivity contribution >= 4 is 35.1 Å². The minimum atomic E-state index is -0.190. The highest BCUT2D eigenvalue weighted by Gasteiger charge is 2.26. The number of fused-ring (bicyclic) bond motifs is 1. The van der Waals surface area contributed by atoms with E-state index in [-0.39, 0.29) is 18.0 Å². The molecule has 142 valence electrons. The van der Waals surface area contributed by atoms with Gasteiger partial charge in [-0.15, -0.1) is 11.8 Å². The lowest BCUT2D eigenvalue weighted by molar-refractivity contribution is 0.0943. The smallest absolute Gasteiger partial charge is 0.326 e. The Hall–Kier alpha value is -2.54. The summed E-state index contributed by atoms with van der Waals surface area (Å²) in [6, 6.07) is 8.79. The number of nitrogens with one attached hydrogen (secondary N) is 2. The van der Waals surface area contributed by atoms with Gasteiger partial charge in [-0.2, -0.15) is 0 Å². The van der Waals surface area contributed by atoms with Crippen LogP contribution < -0.4 is 15.5 Å². The quantitative estimate of drug-likeness (QED) is 0.839. The molecule has 0 aliphatic carbocycles. The Balaban J connectivity index is 1.75. The number of pyridine rings is 1. The van der Waals surface area contributed by atoms with Gasteiger partial charge in [0.25, 0.3) is 5.91 Å². The number of urea groups is 1. The van der Waals surface area contributed by atoms with Crippen LogP contribution in [0.25, 0.3) is 0 Å². The molecule has 1 aromatic heterocycles. The fourth-order valence-electron chi connectivity index (χ4n) is 3.01. The van der Waals surface area contributed by atoms with Crippen LogP contribution in [0.15, 0.2) is 35.4 Å². The Bertz CT molecular complexity index is 865. The van der Waals surface area contributed by atoms with Gasteiger partial charge in [-0.1, -0.05) is 0 Å². The van der Waals surface area contributed by atoms with E-state index in [1.54, 1.807) is 40.9 Å². The van der Waals surface area contributed by atoms with Crippen molar-refractivity contribution in [2.45, 2.75) is 38.8 Å². The molecule has 0 atom stereocenters. The van der Waals surface area contributed by atoms with Crippen LogP contribution in [-0.2, 0) is 0 Å². The van der Waals surface area contributed by atoms with Crippen LogP contribution in [0.4, 0.5) is 16.2 Å². The van der Waals surface area contributed by atoms with Crippen molar-refractivity contribution in [1.82, 2.24) is 10.3 Å². The van der Waals surface area contributed by atoms with E-state index in [4.69, 9.17) is 0 Å². The van der Waals surface area contributed by atoms with Gasteiger partial charge in [-0.25, -0.2) is 9.78 Å². The molecular weight excluding hydrogens is 360 g/mol. The molecule has 0 saturated carbocycles. The molecule has 2 aromatic rings. The van der Waals surface area contributed by atoms with Crippen LogP contribution in [0, 0.1) is 13.8 Å². The molecule has 0 bridgehead atoms. The molecule has 0 unspecified atom stereocenters. The van der Waals surface area contributed by atoms with E-state index >= 15 is 0 Å². The van der Waals surface area contributed by atoms with E-state index in [1.165, 1.54) is 0 Å². The maximum Gasteiger partial charge on any atom is 0.326 e. The van der Waals surface area contributed by atoms with Gasteiger partial charge in [-0.3, -0.25) is 9.69 Å². The second-order valence-corrected chi connectivity index (χ2v) is 7.95. The van der Waals surface area contributed by atoms with Crippen molar-refractivity contribution < 1.29 is 9.59 Å². The van der Waals surface area contributed by atoms with E-state index in [0.29, 0.717) is 17.8 Å². The number of aromatic nitrogens is 1. The number of nitrogens with zero attached hydrogens (tertiary/aromatic N) is 2. The predicted octanol–water partition coefficient (Wildman–Crippen LogP) is 3.98. The molecule has 3 amide bonds. The van der Waals surface area contributed by atoms with E-state index in [9.17, 15) is 9.59 Å². The Morgan fingerprint density at radius 3 is 2.56 bits per heavy atom. The second-order valence-electron chi connectivity index (χ2n) is 6.87. The zero-order valence-electron chi connectivity index (χ0n) is 16.0. The lowest BCUT2D eigenvalue weighted by Gasteiger charge is -2.30. The van der Waals surface area contributed by atoms with Crippen molar-refractivity contribution in [2.75, 3.05) is 22.5 Å². The average Bonchev–Trinajstić information content (AvgIpc) is 2.60. The van der Waals surface area contributed by atoms with Crippen LogP contribution in [0.1, 0.15) is 35.5 Å². The Labute approximate surface area is 163 Å². The summed E-state index contributed by atoms with van der Waals surface area (Å²) in [7, 11) is 0. The number of aryl methyl sites for hydroxylation is 2. The number of hydrogen-bond donors (Lipinski definition) is 2. The summed E-state index contributed by atoms with van der Waals surface area (Å²) in [4.78, 5) is 31.2. The maximum absolute atomic E-state index is 12.8. The molecule has 27 heavy (non-hydrogen) atoms. The predicted molar refractivity (Wildman–Crippen MR) is 110 cm³/mol. The molecule has 1 aliphatic heterocycles. The SMILES string of the molecule is Cc1cc(C)c2c(n1)SCCN2C(=O)Nc1ccc(C(=O)NC(C)C)cc1. The van der Waals surface area contributed by atoms with Gasteiger partial charge in [0.2, 0.25) is 0 Å². The third kappa shape index (κ3) is 4.42. The van der Waals surface area contributed by atoms with Crippen LogP contribution in [0.2, 0.25) is 0 Å². The van der Waals surface area contributed by atoms with Gasteiger partial charge in [0.15, 0.2) is 0 Å². The Morgan fingerprint density at radius 1 is 1.19 bits per heavy atom. The fourth-order valence-corrected chi connectivity index (χ4v) is 4.10. The number of hydrogen-bond acceptors (Lipinski definition) is 4. The first kappa shape index (κ1) is 19.2. The third-order valence-electron chi connectivity index (χ3n) is 4.17. The van der Waals surface area contributed by atoms with Crippen molar-refractivity contribution in [3.63, 3.8) is 0 Å². The highest BCUT2D eigenvalue weighted by atomic mass is 32.2. The molecule has 7 heteroatoms. The molecule has 1 aromatic carbocycles. The number of thioether (sulfide) groups is 1. The first-order valence-corrected chi connectivity index (χ1v) is 9.94. The number of amides is 3. The van der Waals surface area contributed by atoms with Crippen LogP contribution >= 0.6 is 11.8 Å². The third-order valence-corrected chi connectivity index (χ3v) is 5.11. The molecule has 3 rings (SSSR count). The summed E-state index contributed by atoms with van der Waals surface area (Å²) in [5.74, 6) is 0.687. The summed E-state index contributed by atoms with van der Waals surface area (Å²) in [6.45, 7) is 8.43. The first-order valence-electron chi connectivity index (χ1n) is 8.95. The Morgan fingerprint density at radius 2 is 1.89 bits per heavy atom. The molecule has 0 radical (unpaired) electrons. The van der Waals surface area contributed by atoms with Crippen molar-refractivity contribution in [1.29, 1.82) is 0 Å². The minimum absolute atomic E-state index is 0.0782. The van der Waals surface area contributed by atoms with E-state index in [1.807, 2.05) is 33.8 Å². The van der Waals surface area contributed by atoms with Crippen LogP contribution in [0.3, 0.4) is 0 Å². The van der Waals surface area contributed by atoms with Crippen LogP contribution in [-0.4, -0.2) is 35.3 Å². The van der Waals surface area contributed by atoms with Gasteiger partial charge in [-0.05, 0) is 63.6 Å².